The van der Waals surface area contributed by atoms with Gasteiger partial charge in [-0.15, -0.1) is 0 Å². The van der Waals surface area contributed by atoms with Crippen LogP contribution in [0.4, 0.5) is 0 Å². The van der Waals surface area contributed by atoms with Crippen molar-refractivity contribution in [3.63, 3.8) is 0 Å². The van der Waals surface area contributed by atoms with E-state index in [0.29, 0.717) is 22.3 Å². The highest BCUT2D eigenvalue weighted by Gasteiger charge is 2.26. The summed E-state index contributed by atoms with van der Waals surface area (Å²) in [5, 5.41) is 30.7. The number of methoxy groups -OCH3 is 3. The predicted octanol–water partition coefficient (Wildman–Crippen LogP) is 0.527. The molecule has 0 atom stereocenters. The number of aromatic hydroxyl groups is 3. The summed E-state index contributed by atoms with van der Waals surface area (Å²) >= 11 is 0. The summed E-state index contributed by atoms with van der Waals surface area (Å²) in [6.45, 7) is 0. The van der Waals surface area contributed by atoms with E-state index >= 15 is 0 Å². The van der Waals surface area contributed by atoms with Crippen molar-refractivity contribution in [3.8, 4) is 45.8 Å². The average molecular weight is 381 g/mol. The standard InChI is InChI=1S/C18H16O7.ClH/c1-22-13-6-10(19)7-14-11(13)8-12(20)18(25-14)9-4-15(23-2)17(21)16(5-9)24-3;/h4-8H,1-3H3,(H2-,19,20,21);1H. The highest BCUT2D eigenvalue weighted by molar-refractivity contribution is 5.89. The first-order valence-corrected chi connectivity index (χ1v) is 7.30. The van der Waals surface area contributed by atoms with Crippen molar-refractivity contribution in [1.29, 1.82) is 0 Å². The highest BCUT2D eigenvalue weighted by Crippen LogP contribution is 2.44. The van der Waals surface area contributed by atoms with Gasteiger partial charge in [0, 0.05) is 24.3 Å². The molecule has 0 fully saturated rings. The molecule has 0 aliphatic heterocycles. The zero-order chi connectivity index (χ0) is 18.1. The van der Waals surface area contributed by atoms with Crippen molar-refractivity contribution in [1.82, 2.24) is 0 Å². The van der Waals surface area contributed by atoms with Gasteiger partial charge in [0.15, 0.2) is 11.5 Å². The van der Waals surface area contributed by atoms with Crippen LogP contribution in [0.5, 0.6) is 34.5 Å². The zero-order valence-corrected chi connectivity index (χ0v) is 15.0. The minimum atomic E-state index is -0.159. The largest absolute Gasteiger partial charge is 1.00 e. The van der Waals surface area contributed by atoms with Crippen molar-refractivity contribution in [2.75, 3.05) is 21.3 Å². The van der Waals surface area contributed by atoms with Gasteiger partial charge < -0.3 is 41.9 Å². The number of ether oxygens (including phenoxy) is 3. The van der Waals surface area contributed by atoms with Crippen molar-refractivity contribution in [2.45, 2.75) is 0 Å². The van der Waals surface area contributed by atoms with Crippen molar-refractivity contribution in [3.05, 3.63) is 30.3 Å². The molecule has 7 nitrogen and oxygen atoms in total. The van der Waals surface area contributed by atoms with Crippen LogP contribution in [0.25, 0.3) is 22.3 Å². The van der Waals surface area contributed by atoms with Crippen molar-refractivity contribution < 1.29 is 46.4 Å². The molecular weight excluding hydrogens is 364 g/mol. The minimum Gasteiger partial charge on any atom is -1.00 e. The normalized spacial score (nSPS) is 10.3. The number of hydrogen-bond donors (Lipinski definition) is 3. The van der Waals surface area contributed by atoms with Crippen LogP contribution in [-0.2, 0) is 0 Å². The van der Waals surface area contributed by atoms with Gasteiger partial charge in [-0.2, -0.15) is 0 Å². The lowest BCUT2D eigenvalue weighted by atomic mass is 10.1. The number of benzene rings is 2. The second kappa shape index (κ2) is 7.45. The summed E-state index contributed by atoms with van der Waals surface area (Å²) in [6, 6.07) is 7.31. The Morgan fingerprint density at radius 3 is 1.88 bits per heavy atom. The second-order valence-corrected chi connectivity index (χ2v) is 5.25. The lowest BCUT2D eigenvalue weighted by Crippen LogP contribution is -3.00. The van der Waals surface area contributed by atoms with E-state index in [0.717, 1.165) is 0 Å². The first-order chi connectivity index (χ1) is 12.0. The van der Waals surface area contributed by atoms with E-state index in [1.807, 2.05) is 0 Å². The van der Waals surface area contributed by atoms with Gasteiger partial charge in [-0.25, -0.2) is 4.42 Å². The third kappa shape index (κ3) is 3.21. The van der Waals surface area contributed by atoms with Gasteiger partial charge in [-0.3, -0.25) is 0 Å². The number of rotatable bonds is 4. The van der Waals surface area contributed by atoms with Crippen LogP contribution >= 0.6 is 0 Å². The fraction of sp³-hybridized carbons (Fsp3) is 0.167. The van der Waals surface area contributed by atoms with Crippen molar-refractivity contribution in [2.24, 2.45) is 0 Å². The second-order valence-electron chi connectivity index (χ2n) is 5.25. The maximum atomic E-state index is 10.4. The lowest BCUT2D eigenvalue weighted by molar-refractivity contribution is -0.00000914. The van der Waals surface area contributed by atoms with Gasteiger partial charge in [0.1, 0.15) is 16.9 Å². The van der Waals surface area contributed by atoms with Gasteiger partial charge in [-0.05, 0) is 0 Å². The molecule has 3 rings (SSSR count). The highest BCUT2D eigenvalue weighted by atomic mass is 35.5. The Labute approximate surface area is 155 Å². The van der Waals surface area contributed by atoms with E-state index in [4.69, 9.17) is 18.6 Å². The SMILES string of the molecule is COc1cc(-c2[o+]c3cc(O)cc(OC)c3cc2O)cc(OC)c1O.[Cl-]. The topological polar surface area (TPSA) is 99.7 Å². The maximum absolute atomic E-state index is 10.4. The molecule has 1 aromatic heterocycles. The minimum absolute atomic E-state index is 0. The van der Waals surface area contributed by atoms with Crippen LogP contribution in [0.15, 0.2) is 34.7 Å². The van der Waals surface area contributed by atoms with Crippen LogP contribution in [0, 0.1) is 0 Å². The quantitative estimate of drug-likeness (QED) is 0.568. The Morgan fingerprint density at radius 2 is 1.35 bits per heavy atom. The van der Waals surface area contributed by atoms with Gasteiger partial charge in [0.05, 0.1) is 33.0 Å². The van der Waals surface area contributed by atoms with Crippen LogP contribution < -0.4 is 26.6 Å². The van der Waals surface area contributed by atoms with E-state index in [9.17, 15) is 15.3 Å². The number of phenols is 2. The molecule has 138 valence electrons. The summed E-state index contributed by atoms with van der Waals surface area (Å²) in [7, 11) is 4.26. The maximum Gasteiger partial charge on any atom is 0.402 e. The van der Waals surface area contributed by atoms with Crippen LogP contribution in [0.3, 0.4) is 0 Å². The molecule has 0 aliphatic rings. The molecule has 0 unspecified atom stereocenters. The monoisotopic (exact) mass is 380 g/mol. The number of fused-ring (bicyclic) bond motifs is 1. The van der Waals surface area contributed by atoms with Gasteiger partial charge >= 0.3 is 11.3 Å². The van der Waals surface area contributed by atoms with Gasteiger partial charge in [0.2, 0.25) is 11.5 Å². The Kier molecular flexibility index (Phi) is 5.52. The molecule has 3 N–H and O–H groups in total. The molecule has 2 aromatic carbocycles. The molecule has 0 saturated heterocycles. The third-order valence-electron chi connectivity index (χ3n) is 3.78. The number of hydrogen-bond acceptors (Lipinski definition) is 6. The molecule has 0 radical (unpaired) electrons. The molecule has 8 heteroatoms. The molecule has 1 heterocycles. The van der Waals surface area contributed by atoms with Crippen LogP contribution in [-0.4, -0.2) is 36.6 Å². The zero-order valence-electron chi connectivity index (χ0n) is 14.2. The van der Waals surface area contributed by atoms with Crippen LogP contribution in [0.1, 0.15) is 0 Å². The van der Waals surface area contributed by atoms with E-state index in [2.05, 4.69) is 0 Å². The fourth-order valence-corrected chi connectivity index (χ4v) is 2.58. The van der Waals surface area contributed by atoms with E-state index in [-0.39, 0.29) is 46.9 Å². The number of phenolic OH excluding ortho intramolecular Hbond substituents is 2. The Morgan fingerprint density at radius 1 is 0.769 bits per heavy atom. The summed E-state index contributed by atoms with van der Waals surface area (Å²) in [5.74, 6) is 0.471. The van der Waals surface area contributed by atoms with E-state index < -0.39 is 0 Å². The summed E-state index contributed by atoms with van der Waals surface area (Å²) in [5.41, 5.74) is 0.740. The molecule has 0 saturated carbocycles. The molecule has 0 bridgehead atoms. The molecule has 26 heavy (non-hydrogen) atoms. The Balaban J connectivity index is 0.00000243. The lowest BCUT2D eigenvalue weighted by Gasteiger charge is -2.09. The number of halogens is 1. The van der Waals surface area contributed by atoms with E-state index in [1.165, 1.54) is 51.7 Å². The smallest absolute Gasteiger partial charge is 0.402 e. The summed E-state index contributed by atoms with van der Waals surface area (Å²) in [4.78, 5) is 0. The first kappa shape index (κ1) is 19.3. The Bertz CT molecular complexity index is 931. The molecule has 0 aliphatic carbocycles. The molecule has 0 spiro atoms. The van der Waals surface area contributed by atoms with Crippen molar-refractivity contribution >= 4 is 11.0 Å². The summed E-state index contributed by atoms with van der Waals surface area (Å²) in [6.07, 6.45) is 0. The molecule has 0 amide bonds. The van der Waals surface area contributed by atoms with Gasteiger partial charge in [-0.1, -0.05) is 0 Å². The summed E-state index contributed by atoms with van der Waals surface area (Å²) < 4.78 is 21.2. The predicted molar refractivity (Wildman–Crippen MR) is 90.7 cm³/mol. The van der Waals surface area contributed by atoms with E-state index in [1.54, 1.807) is 0 Å². The third-order valence-corrected chi connectivity index (χ3v) is 3.78. The van der Waals surface area contributed by atoms with Gasteiger partial charge in [0.25, 0.3) is 0 Å². The molecular formula is C18H17ClO7. The van der Waals surface area contributed by atoms with Crippen LogP contribution in [0.2, 0.25) is 0 Å². The fourth-order valence-electron chi connectivity index (χ4n) is 2.58. The average Bonchev–Trinajstić information content (AvgIpc) is 2.61. The molecule has 3 aromatic rings. The Hall–Kier alpha value is -3.06. The first-order valence-electron chi connectivity index (χ1n) is 7.30.